The first-order valence-electron chi connectivity index (χ1n) is 10.4. The van der Waals surface area contributed by atoms with Gasteiger partial charge in [-0.1, -0.05) is 6.07 Å². The van der Waals surface area contributed by atoms with Crippen LogP contribution in [0.3, 0.4) is 0 Å². The van der Waals surface area contributed by atoms with E-state index in [9.17, 15) is 9.36 Å². The van der Waals surface area contributed by atoms with Gasteiger partial charge < -0.3 is 24.1 Å². The predicted octanol–water partition coefficient (Wildman–Crippen LogP) is 3.85. The number of aryl methyl sites for hydroxylation is 1. The molecule has 2 heterocycles. The van der Waals surface area contributed by atoms with Crippen LogP contribution in [0, 0.1) is 0 Å². The van der Waals surface area contributed by atoms with Crippen LogP contribution < -0.4 is 10.5 Å². The van der Waals surface area contributed by atoms with Crippen LogP contribution in [-0.4, -0.2) is 45.1 Å². The highest BCUT2D eigenvalue weighted by atomic mass is 31.2. The van der Waals surface area contributed by atoms with Crippen molar-refractivity contribution in [3.8, 4) is 5.75 Å². The van der Waals surface area contributed by atoms with E-state index < -0.39 is 7.60 Å². The number of rotatable bonds is 12. The molecule has 3 rings (SSSR count). The molecule has 0 radical (unpaired) electrons. The third kappa shape index (κ3) is 5.70. The molecule has 0 fully saturated rings. The highest BCUT2D eigenvalue weighted by molar-refractivity contribution is 7.53. The zero-order chi connectivity index (χ0) is 23.1. The fourth-order valence-electron chi connectivity index (χ4n) is 3.30. The number of imidazole rings is 1. The lowest BCUT2D eigenvalue weighted by Gasteiger charge is -2.18. The monoisotopic (exact) mass is 461 g/mol. The van der Waals surface area contributed by atoms with Crippen LogP contribution in [0.25, 0.3) is 11.2 Å². The lowest BCUT2D eigenvalue weighted by Crippen LogP contribution is -2.07. The molecule has 2 N–H and O–H groups in total. The molecule has 0 bridgehead atoms. The average molecular weight is 461 g/mol. The highest BCUT2D eigenvalue weighted by Crippen LogP contribution is 2.51. The van der Waals surface area contributed by atoms with Gasteiger partial charge in [0.25, 0.3) is 0 Å². The van der Waals surface area contributed by atoms with Gasteiger partial charge in [0.2, 0.25) is 0 Å². The Morgan fingerprint density at radius 2 is 1.91 bits per heavy atom. The number of nitrogens with two attached hydrogens (primary N) is 1. The van der Waals surface area contributed by atoms with Gasteiger partial charge in [-0.25, -0.2) is 15.0 Å². The summed E-state index contributed by atoms with van der Waals surface area (Å²) in [5.74, 6) is 0.678. The van der Waals surface area contributed by atoms with Crippen LogP contribution in [0.4, 0.5) is 5.82 Å². The molecule has 10 nitrogen and oxygen atoms in total. The molecule has 2 aromatic heterocycles. The van der Waals surface area contributed by atoms with Crippen molar-refractivity contribution in [1.82, 2.24) is 19.5 Å². The van der Waals surface area contributed by atoms with Gasteiger partial charge in [0.15, 0.2) is 17.2 Å². The Balaban J connectivity index is 1.65. The summed E-state index contributed by atoms with van der Waals surface area (Å²) in [5, 5.41) is 0. The van der Waals surface area contributed by atoms with E-state index in [4.69, 9.17) is 19.5 Å². The van der Waals surface area contributed by atoms with E-state index in [0.29, 0.717) is 53.4 Å². The van der Waals surface area contributed by atoms with Crippen molar-refractivity contribution < 1.29 is 23.1 Å². The first-order valence-corrected chi connectivity index (χ1v) is 12.2. The molecule has 11 heteroatoms. The van der Waals surface area contributed by atoms with E-state index in [1.165, 1.54) is 13.3 Å². The Hall–Kier alpha value is -2.81. The van der Waals surface area contributed by atoms with E-state index in [-0.39, 0.29) is 25.2 Å². The number of anilines is 1. The van der Waals surface area contributed by atoms with Crippen LogP contribution >= 0.6 is 7.60 Å². The Morgan fingerprint density at radius 3 is 2.59 bits per heavy atom. The summed E-state index contributed by atoms with van der Waals surface area (Å²) in [5.41, 5.74) is 8.16. The van der Waals surface area contributed by atoms with E-state index in [1.807, 2.05) is 4.57 Å². The number of carbonyl (C=O) groups is 1. The zero-order valence-electron chi connectivity index (χ0n) is 18.5. The molecule has 0 aliphatic carbocycles. The SMILES string of the molecule is CCOP(=O)(Cc1ccc(OCCCn2cnc3c(N)ncnc32)c(C(C)=O)c1)OCC. The number of benzene rings is 1. The third-order valence-electron chi connectivity index (χ3n) is 4.68. The molecule has 0 aliphatic rings. The molecule has 1 aromatic carbocycles. The van der Waals surface area contributed by atoms with Crippen LogP contribution in [0.5, 0.6) is 5.75 Å². The summed E-state index contributed by atoms with van der Waals surface area (Å²) in [6.07, 6.45) is 3.83. The van der Waals surface area contributed by atoms with Crippen molar-refractivity contribution >= 4 is 30.4 Å². The lowest BCUT2D eigenvalue weighted by molar-refractivity contribution is 0.101. The van der Waals surface area contributed by atoms with Gasteiger partial charge in [0.05, 0.1) is 37.9 Å². The minimum atomic E-state index is -3.26. The van der Waals surface area contributed by atoms with Gasteiger partial charge in [-0.3, -0.25) is 9.36 Å². The fourth-order valence-corrected chi connectivity index (χ4v) is 4.99. The van der Waals surface area contributed by atoms with Crippen LogP contribution in [-0.2, 0) is 26.3 Å². The second kappa shape index (κ2) is 10.7. The van der Waals surface area contributed by atoms with Crippen molar-refractivity contribution in [2.24, 2.45) is 0 Å². The first kappa shape index (κ1) is 23.8. The van der Waals surface area contributed by atoms with Crippen molar-refractivity contribution in [1.29, 1.82) is 0 Å². The molecule has 0 saturated heterocycles. The minimum absolute atomic E-state index is 0.0912. The largest absolute Gasteiger partial charge is 0.493 e. The Labute approximate surface area is 186 Å². The van der Waals surface area contributed by atoms with Gasteiger partial charge in [-0.05, 0) is 44.9 Å². The number of carbonyl (C=O) groups excluding carboxylic acids is 1. The number of fused-ring (bicyclic) bond motifs is 1. The number of nitrogen functional groups attached to an aromatic ring is 1. The van der Waals surface area contributed by atoms with Gasteiger partial charge >= 0.3 is 7.60 Å². The normalized spacial score (nSPS) is 11.7. The van der Waals surface area contributed by atoms with E-state index in [2.05, 4.69) is 15.0 Å². The summed E-state index contributed by atoms with van der Waals surface area (Å²) in [6.45, 7) is 6.56. The third-order valence-corrected chi connectivity index (χ3v) is 6.74. The van der Waals surface area contributed by atoms with Crippen molar-refractivity contribution in [2.75, 3.05) is 25.6 Å². The summed E-state index contributed by atoms with van der Waals surface area (Å²) in [6, 6.07) is 5.18. The maximum atomic E-state index is 12.8. The molecule has 0 unspecified atom stereocenters. The van der Waals surface area contributed by atoms with Crippen LogP contribution in [0.15, 0.2) is 30.9 Å². The number of nitrogens with zero attached hydrogens (tertiary/aromatic N) is 4. The van der Waals surface area contributed by atoms with E-state index >= 15 is 0 Å². The van der Waals surface area contributed by atoms with Gasteiger partial charge in [0.1, 0.15) is 17.6 Å². The van der Waals surface area contributed by atoms with Crippen LogP contribution in [0.1, 0.15) is 43.1 Å². The molecule has 0 aliphatic heterocycles. The maximum absolute atomic E-state index is 12.8. The molecular weight excluding hydrogens is 433 g/mol. The number of Topliss-reactive ketones (excluding diaryl/α,β-unsaturated/α-hetero) is 1. The number of ether oxygens (including phenoxy) is 1. The highest BCUT2D eigenvalue weighted by Gasteiger charge is 2.25. The van der Waals surface area contributed by atoms with Crippen molar-refractivity contribution in [3.63, 3.8) is 0 Å². The van der Waals surface area contributed by atoms with Gasteiger partial charge in [-0.15, -0.1) is 0 Å². The Kier molecular flexibility index (Phi) is 7.95. The standard InChI is InChI=1S/C21H28N5O5P/c1-4-30-32(28,31-5-2)12-16-7-8-18(17(11-16)15(3)27)29-10-6-9-26-14-25-19-20(22)23-13-24-21(19)26/h7-8,11,13-14H,4-6,9-10,12H2,1-3H3,(H2,22,23,24). The summed E-state index contributed by atoms with van der Waals surface area (Å²) in [4.78, 5) is 24.6. The maximum Gasteiger partial charge on any atom is 0.335 e. The Morgan fingerprint density at radius 1 is 1.16 bits per heavy atom. The fraction of sp³-hybridized carbons (Fsp3) is 0.429. The number of hydrogen-bond acceptors (Lipinski definition) is 9. The van der Waals surface area contributed by atoms with Gasteiger partial charge in [-0.2, -0.15) is 0 Å². The van der Waals surface area contributed by atoms with E-state index in [0.717, 1.165) is 0 Å². The molecule has 0 atom stereocenters. The second-order valence-electron chi connectivity index (χ2n) is 7.06. The van der Waals surface area contributed by atoms with Crippen LogP contribution in [0.2, 0.25) is 0 Å². The smallest absolute Gasteiger partial charge is 0.335 e. The number of hydrogen-bond donors (Lipinski definition) is 1. The average Bonchev–Trinajstić information content (AvgIpc) is 3.16. The topological polar surface area (TPSA) is 131 Å². The molecule has 0 amide bonds. The first-order chi connectivity index (χ1) is 15.4. The van der Waals surface area contributed by atoms with Crippen molar-refractivity contribution in [3.05, 3.63) is 42.0 Å². The summed E-state index contributed by atoms with van der Waals surface area (Å²) >= 11 is 0. The van der Waals surface area contributed by atoms with E-state index in [1.54, 1.807) is 38.4 Å². The van der Waals surface area contributed by atoms with Crippen molar-refractivity contribution in [2.45, 2.75) is 39.9 Å². The number of aromatic nitrogens is 4. The molecule has 3 aromatic rings. The molecule has 172 valence electrons. The second-order valence-corrected chi connectivity index (χ2v) is 9.12. The zero-order valence-corrected chi connectivity index (χ0v) is 19.4. The Bertz CT molecular complexity index is 1120. The summed E-state index contributed by atoms with van der Waals surface area (Å²) < 4.78 is 31.3. The molecular formula is C21H28N5O5P. The quantitative estimate of drug-likeness (QED) is 0.243. The summed E-state index contributed by atoms with van der Waals surface area (Å²) in [7, 11) is -3.26. The number of ketones is 1. The molecule has 0 saturated carbocycles. The minimum Gasteiger partial charge on any atom is -0.493 e. The van der Waals surface area contributed by atoms with Gasteiger partial charge in [0, 0.05) is 6.54 Å². The lowest BCUT2D eigenvalue weighted by atomic mass is 10.1. The predicted molar refractivity (Wildman–Crippen MR) is 121 cm³/mol. The molecule has 32 heavy (non-hydrogen) atoms. The molecule has 0 spiro atoms.